The van der Waals surface area contributed by atoms with Gasteiger partial charge in [-0.1, -0.05) is 12.1 Å². The van der Waals surface area contributed by atoms with Gasteiger partial charge in [0, 0.05) is 18.2 Å². The molecule has 2 aromatic rings. The molecule has 0 saturated heterocycles. The summed E-state index contributed by atoms with van der Waals surface area (Å²) in [6.07, 6.45) is 0.286. The van der Waals surface area contributed by atoms with Gasteiger partial charge < -0.3 is 20.5 Å². The topological polar surface area (TPSA) is 87.7 Å². The number of hydrogen-bond acceptors (Lipinski definition) is 3. The van der Waals surface area contributed by atoms with Crippen LogP contribution in [-0.4, -0.2) is 23.2 Å². The number of aliphatic carboxylic acids is 1. The third-order valence-electron chi connectivity index (χ3n) is 3.37. The van der Waals surface area contributed by atoms with Gasteiger partial charge in [-0.15, -0.1) is 0 Å². The molecule has 0 fully saturated rings. The maximum absolute atomic E-state index is 14.1. The second kappa shape index (κ2) is 8.84. The normalized spacial score (nSPS) is 10.5. The number of amides is 2. The first-order valence-electron chi connectivity index (χ1n) is 8.18. The van der Waals surface area contributed by atoms with Crippen molar-refractivity contribution < 1.29 is 23.8 Å². The summed E-state index contributed by atoms with van der Waals surface area (Å²) in [5, 5.41) is 13.8. The van der Waals surface area contributed by atoms with Crippen LogP contribution < -0.4 is 15.4 Å². The number of aryl methyl sites for hydroxylation is 1. The van der Waals surface area contributed by atoms with E-state index in [9.17, 15) is 14.0 Å². The lowest BCUT2D eigenvalue weighted by Crippen LogP contribution is -2.20. The Bertz CT molecular complexity index is 793. The molecular weight excluding hydrogens is 339 g/mol. The lowest BCUT2D eigenvalue weighted by molar-refractivity contribution is -0.136. The third kappa shape index (κ3) is 6.08. The van der Waals surface area contributed by atoms with E-state index in [1.165, 1.54) is 12.1 Å². The number of benzene rings is 2. The average molecular weight is 360 g/mol. The van der Waals surface area contributed by atoms with Gasteiger partial charge in [-0.25, -0.2) is 9.18 Å². The van der Waals surface area contributed by atoms with Gasteiger partial charge in [0.05, 0.1) is 11.8 Å². The molecule has 2 aromatic carbocycles. The number of nitrogens with one attached hydrogen (secondary N) is 2. The Morgan fingerprint density at radius 3 is 2.58 bits per heavy atom. The SMILES string of the molecule is CC(C)Oc1ccc(NC(=O)Nc2cccc(CCC(=O)O)c2)c(F)c1. The maximum Gasteiger partial charge on any atom is 0.323 e. The highest BCUT2D eigenvalue weighted by Crippen LogP contribution is 2.22. The van der Waals surface area contributed by atoms with Crippen molar-refractivity contribution in [3.8, 4) is 5.75 Å². The van der Waals surface area contributed by atoms with Crippen molar-refractivity contribution >= 4 is 23.4 Å². The number of anilines is 2. The number of urea groups is 1. The van der Waals surface area contributed by atoms with Crippen LogP contribution in [0.15, 0.2) is 42.5 Å². The van der Waals surface area contributed by atoms with Gasteiger partial charge in [0.25, 0.3) is 0 Å². The molecule has 0 saturated carbocycles. The van der Waals surface area contributed by atoms with Crippen molar-refractivity contribution in [2.24, 2.45) is 0 Å². The predicted molar refractivity (Wildman–Crippen MR) is 97.2 cm³/mol. The van der Waals surface area contributed by atoms with Crippen LogP contribution in [0.2, 0.25) is 0 Å². The van der Waals surface area contributed by atoms with Crippen LogP contribution in [0.1, 0.15) is 25.8 Å². The van der Waals surface area contributed by atoms with E-state index < -0.39 is 17.8 Å². The van der Waals surface area contributed by atoms with Crippen molar-refractivity contribution in [3.63, 3.8) is 0 Å². The van der Waals surface area contributed by atoms with Gasteiger partial charge in [0.1, 0.15) is 11.6 Å². The summed E-state index contributed by atoms with van der Waals surface area (Å²) in [7, 11) is 0. The van der Waals surface area contributed by atoms with E-state index in [4.69, 9.17) is 9.84 Å². The summed E-state index contributed by atoms with van der Waals surface area (Å²) in [6, 6.07) is 10.4. The van der Waals surface area contributed by atoms with E-state index in [1.54, 1.807) is 30.3 Å². The first kappa shape index (κ1) is 19.2. The summed E-state index contributed by atoms with van der Waals surface area (Å²) in [6.45, 7) is 3.67. The van der Waals surface area contributed by atoms with Gasteiger partial charge in [-0.05, 0) is 50.1 Å². The van der Waals surface area contributed by atoms with Gasteiger partial charge in [0.15, 0.2) is 0 Å². The first-order chi connectivity index (χ1) is 12.3. The molecule has 2 amide bonds. The molecule has 0 aliphatic rings. The zero-order valence-corrected chi connectivity index (χ0v) is 14.6. The van der Waals surface area contributed by atoms with Crippen LogP contribution >= 0.6 is 0 Å². The monoisotopic (exact) mass is 360 g/mol. The lowest BCUT2D eigenvalue weighted by Gasteiger charge is -2.12. The molecule has 0 aliphatic heterocycles. The van der Waals surface area contributed by atoms with E-state index in [0.29, 0.717) is 17.9 Å². The quantitative estimate of drug-likeness (QED) is 0.688. The minimum Gasteiger partial charge on any atom is -0.491 e. The second-order valence-corrected chi connectivity index (χ2v) is 5.98. The molecule has 138 valence electrons. The fraction of sp³-hybridized carbons (Fsp3) is 0.263. The highest BCUT2D eigenvalue weighted by molar-refractivity contribution is 5.99. The molecule has 26 heavy (non-hydrogen) atoms. The highest BCUT2D eigenvalue weighted by Gasteiger charge is 2.10. The highest BCUT2D eigenvalue weighted by atomic mass is 19.1. The van der Waals surface area contributed by atoms with Crippen molar-refractivity contribution in [2.75, 3.05) is 10.6 Å². The fourth-order valence-electron chi connectivity index (χ4n) is 2.28. The summed E-state index contributed by atoms with van der Waals surface area (Å²) < 4.78 is 19.5. The minimum atomic E-state index is -0.888. The number of carboxylic acid groups (broad SMARTS) is 1. The number of carboxylic acids is 1. The molecule has 0 bridgehead atoms. The van der Waals surface area contributed by atoms with Crippen molar-refractivity contribution in [1.82, 2.24) is 0 Å². The first-order valence-corrected chi connectivity index (χ1v) is 8.18. The number of rotatable bonds is 7. The zero-order valence-electron chi connectivity index (χ0n) is 14.6. The average Bonchev–Trinajstić information content (AvgIpc) is 2.55. The number of halogens is 1. The molecule has 3 N–H and O–H groups in total. The van der Waals surface area contributed by atoms with Crippen molar-refractivity contribution in [1.29, 1.82) is 0 Å². The van der Waals surface area contributed by atoms with Crippen LogP contribution in [0, 0.1) is 5.82 Å². The molecule has 0 aliphatic carbocycles. The molecule has 6 nitrogen and oxygen atoms in total. The van der Waals surface area contributed by atoms with Gasteiger partial charge >= 0.3 is 12.0 Å². The lowest BCUT2D eigenvalue weighted by atomic mass is 10.1. The van der Waals surface area contributed by atoms with Gasteiger partial charge in [0.2, 0.25) is 0 Å². The van der Waals surface area contributed by atoms with E-state index >= 15 is 0 Å². The van der Waals surface area contributed by atoms with Gasteiger partial charge in [-0.2, -0.15) is 0 Å². The summed E-state index contributed by atoms with van der Waals surface area (Å²) in [4.78, 5) is 22.7. The molecule has 0 unspecified atom stereocenters. The molecule has 0 atom stereocenters. The predicted octanol–water partition coefficient (Wildman–Crippen LogP) is 4.27. The van der Waals surface area contributed by atoms with E-state index in [-0.39, 0.29) is 18.2 Å². The smallest absolute Gasteiger partial charge is 0.323 e. The number of carbonyl (C=O) groups excluding carboxylic acids is 1. The Hall–Kier alpha value is -3.09. The van der Waals surface area contributed by atoms with E-state index in [0.717, 1.165) is 5.56 Å². The van der Waals surface area contributed by atoms with E-state index in [2.05, 4.69) is 10.6 Å². The maximum atomic E-state index is 14.1. The second-order valence-electron chi connectivity index (χ2n) is 5.98. The Morgan fingerprint density at radius 2 is 1.92 bits per heavy atom. The molecule has 2 rings (SSSR count). The molecule has 0 heterocycles. The van der Waals surface area contributed by atoms with E-state index in [1.807, 2.05) is 13.8 Å². The van der Waals surface area contributed by atoms with Crippen LogP contribution in [0.25, 0.3) is 0 Å². The summed E-state index contributed by atoms with van der Waals surface area (Å²) >= 11 is 0. The zero-order chi connectivity index (χ0) is 19.1. The summed E-state index contributed by atoms with van der Waals surface area (Å²) in [5.41, 5.74) is 1.30. The Kier molecular flexibility index (Phi) is 6.54. The van der Waals surface area contributed by atoms with Crippen LogP contribution in [0.5, 0.6) is 5.75 Å². The van der Waals surface area contributed by atoms with Crippen molar-refractivity contribution in [3.05, 3.63) is 53.8 Å². The van der Waals surface area contributed by atoms with Crippen LogP contribution in [0.3, 0.4) is 0 Å². The Balaban J connectivity index is 1.98. The largest absolute Gasteiger partial charge is 0.491 e. The van der Waals surface area contributed by atoms with Crippen LogP contribution in [-0.2, 0) is 11.2 Å². The minimum absolute atomic E-state index is 0.00561. The Labute approximate surface area is 151 Å². The summed E-state index contributed by atoms with van der Waals surface area (Å²) in [5.74, 6) is -1.11. The fourth-order valence-corrected chi connectivity index (χ4v) is 2.28. The number of hydrogen-bond donors (Lipinski definition) is 3. The molecular formula is C19H21FN2O4. The third-order valence-corrected chi connectivity index (χ3v) is 3.37. The number of ether oxygens (including phenoxy) is 1. The van der Waals surface area contributed by atoms with Gasteiger partial charge in [-0.3, -0.25) is 4.79 Å². The molecule has 0 spiro atoms. The van der Waals surface area contributed by atoms with Crippen molar-refractivity contribution in [2.45, 2.75) is 32.8 Å². The Morgan fingerprint density at radius 1 is 1.15 bits per heavy atom. The standard InChI is InChI=1S/C19H21FN2O4/c1-12(2)26-15-7-8-17(16(20)11-15)22-19(25)21-14-5-3-4-13(10-14)6-9-18(23)24/h3-5,7-8,10-12H,6,9H2,1-2H3,(H,23,24)(H2,21,22,25). The molecule has 7 heteroatoms. The number of carbonyl (C=O) groups is 2. The van der Waals surface area contributed by atoms with Crippen LogP contribution in [0.4, 0.5) is 20.6 Å². The molecule has 0 aromatic heterocycles. The molecule has 0 radical (unpaired) electrons.